The Balaban J connectivity index is 1.79. The summed E-state index contributed by atoms with van der Waals surface area (Å²) in [7, 11) is 0. The summed E-state index contributed by atoms with van der Waals surface area (Å²) >= 11 is 0. The number of ether oxygens (including phenoxy) is 2. The summed E-state index contributed by atoms with van der Waals surface area (Å²) in [4.78, 5) is 24.8. The van der Waals surface area contributed by atoms with E-state index < -0.39 is 23.7 Å². The highest BCUT2D eigenvalue weighted by Gasteiger charge is 2.32. The highest BCUT2D eigenvalue weighted by molar-refractivity contribution is 5.97. The Morgan fingerprint density at radius 1 is 1.17 bits per heavy atom. The van der Waals surface area contributed by atoms with Crippen LogP contribution in [0.1, 0.15) is 12.5 Å². The van der Waals surface area contributed by atoms with E-state index in [9.17, 15) is 22.8 Å². The molecule has 2 aromatic rings. The van der Waals surface area contributed by atoms with Gasteiger partial charge in [-0.2, -0.15) is 13.2 Å². The van der Waals surface area contributed by atoms with Crippen LogP contribution in [-0.2, 0) is 11.0 Å². The molecule has 160 valence electrons. The second kappa shape index (κ2) is 8.93. The molecule has 0 spiro atoms. The van der Waals surface area contributed by atoms with Crippen LogP contribution in [0.2, 0.25) is 0 Å². The third kappa shape index (κ3) is 5.13. The molecule has 3 rings (SSSR count). The lowest BCUT2D eigenvalue weighted by atomic mass is 10.1. The molecule has 1 heterocycles. The van der Waals surface area contributed by atoms with Crippen LogP contribution < -0.4 is 20.1 Å². The van der Waals surface area contributed by atoms with Crippen LogP contribution in [0.5, 0.6) is 17.2 Å². The smallest absolute Gasteiger partial charge is 0.416 e. The predicted molar refractivity (Wildman–Crippen MR) is 103 cm³/mol. The van der Waals surface area contributed by atoms with Gasteiger partial charge in [-0.3, -0.25) is 9.69 Å². The number of urea groups is 1. The van der Waals surface area contributed by atoms with Crippen molar-refractivity contribution in [3.63, 3.8) is 0 Å². The molecule has 0 radical (unpaired) electrons. The fourth-order valence-corrected chi connectivity index (χ4v) is 2.81. The van der Waals surface area contributed by atoms with Gasteiger partial charge in [0.25, 0.3) is 0 Å². The van der Waals surface area contributed by atoms with Gasteiger partial charge in [0.1, 0.15) is 11.5 Å². The first-order valence-electron chi connectivity index (χ1n) is 9.22. The van der Waals surface area contributed by atoms with Crippen molar-refractivity contribution in [1.82, 2.24) is 10.2 Å². The highest BCUT2D eigenvalue weighted by atomic mass is 19.4. The van der Waals surface area contributed by atoms with Crippen molar-refractivity contribution >= 4 is 17.6 Å². The summed E-state index contributed by atoms with van der Waals surface area (Å²) in [5.74, 6) is 0.553. The molecule has 3 amide bonds. The molecular weight excluding hydrogens is 403 g/mol. The normalized spacial score (nSPS) is 13.7. The summed E-state index contributed by atoms with van der Waals surface area (Å²) in [5, 5.41) is 5.14. The fourth-order valence-electron chi connectivity index (χ4n) is 2.81. The third-order valence-electron chi connectivity index (χ3n) is 4.26. The Hall–Kier alpha value is -3.43. The second-order valence-corrected chi connectivity index (χ2v) is 6.35. The molecule has 0 atom stereocenters. The SMILES string of the molecule is CCOc1ccc(Oc2ccc(C(F)(F)F)cc2NCC(=O)N2CCNC2=O)cc1. The number of benzene rings is 2. The zero-order valence-electron chi connectivity index (χ0n) is 16.1. The molecule has 0 bridgehead atoms. The van der Waals surface area contributed by atoms with Crippen LogP contribution in [-0.4, -0.2) is 43.1 Å². The van der Waals surface area contributed by atoms with Crippen LogP contribution in [0, 0.1) is 0 Å². The number of alkyl halides is 3. The van der Waals surface area contributed by atoms with Crippen molar-refractivity contribution in [1.29, 1.82) is 0 Å². The number of hydrogen-bond donors (Lipinski definition) is 2. The van der Waals surface area contributed by atoms with Crippen molar-refractivity contribution in [2.75, 3.05) is 31.6 Å². The van der Waals surface area contributed by atoms with Gasteiger partial charge >= 0.3 is 12.2 Å². The van der Waals surface area contributed by atoms with E-state index >= 15 is 0 Å². The van der Waals surface area contributed by atoms with Gasteiger partial charge in [0.15, 0.2) is 5.75 Å². The van der Waals surface area contributed by atoms with Gasteiger partial charge in [0.2, 0.25) is 5.91 Å². The van der Waals surface area contributed by atoms with Crippen molar-refractivity contribution in [2.45, 2.75) is 13.1 Å². The average Bonchev–Trinajstić information content (AvgIpc) is 3.14. The average molecular weight is 423 g/mol. The van der Waals surface area contributed by atoms with Gasteiger partial charge in [0.05, 0.1) is 24.4 Å². The number of nitrogens with zero attached hydrogens (tertiary/aromatic N) is 1. The summed E-state index contributed by atoms with van der Waals surface area (Å²) in [5.41, 5.74) is -0.915. The van der Waals surface area contributed by atoms with Crippen LogP contribution >= 0.6 is 0 Å². The molecule has 1 aliphatic heterocycles. The van der Waals surface area contributed by atoms with E-state index in [0.29, 0.717) is 24.7 Å². The van der Waals surface area contributed by atoms with Gasteiger partial charge < -0.3 is 20.1 Å². The van der Waals surface area contributed by atoms with E-state index in [0.717, 1.165) is 17.0 Å². The monoisotopic (exact) mass is 423 g/mol. The lowest BCUT2D eigenvalue weighted by molar-refractivity contribution is -0.137. The molecule has 2 aromatic carbocycles. The zero-order chi connectivity index (χ0) is 21.7. The minimum Gasteiger partial charge on any atom is -0.494 e. The maximum Gasteiger partial charge on any atom is 0.416 e. The minimum atomic E-state index is -4.56. The summed E-state index contributed by atoms with van der Waals surface area (Å²) in [6.07, 6.45) is -4.56. The lowest BCUT2D eigenvalue weighted by Gasteiger charge is -2.17. The molecule has 1 aliphatic rings. The molecule has 0 unspecified atom stereocenters. The quantitative estimate of drug-likeness (QED) is 0.707. The molecule has 10 heteroatoms. The summed E-state index contributed by atoms with van der Waals surface area (Å²) < 4.78 is 50.4. The van der Waals surface area contributed by atoms with E-state index in [1.54, 1.807) is 24.3 Å². The van der Waals surface area contributed by atoms with E-state index in [2.05, 4.69) is 10.6 Å². The molecule has 7 nitrogen and oxygen atoms in total. The van der Waals surface area contributed by atoms with E-state index in [4.69, 9.17) is 9.47 Å². The number of halogens is 3. The Morgan fingerprint density at radius 3 is 2.47 bits per heavy atom. The van der Waals surface area contributed by atoms with E-state index in [1.165, 1.54) is 6.07 Å². The zero-order valence-corrected chi connectivity index (χ0v) is 16.1. The van der Waals surface area contributed by atoms with Crippen LogP contribution in [0.15, 0.2) is 42.5 Å². The maximum atomic E-state index is 13.1. The van der Waals surface area contributed by atoms with Crippen molar-refractivity contribution < 1.29 is 32.2 Å². The van der Waals surface area contributed by atoms with Crippen LogP contribution in [0.25, 0.3) is 0 Å². The van der Waals surface area contributed by atoms with E-state index in [-0.39, 0.29) is 24.5 Å². The Morgan fingerprint density at radius 2 is 1.87 bits per heavy atom. The second-order valence-electron chi connectivity index (χ2n) is 6.35. The number of nitrogens with one attached hydrogen (secondary N) is 2. The van der Waals surface area contributed by atoms with Crippen LogP contribution in [0.3, 0.4) is 0 Å². The van der Waals surface area contributed by atoms with Crippen molar-refractivity contribution in [3.8, 4) is 17.2 Å². The maximum absolute atomic E-state index is 13.1. The first-order valence-corrected chi connectivity index (χ1v) is 9.22. The number of hydrogen-bond acceptors (Lipinski definition) is 5. The molecule has 2 N–H and O–H groups in total. The standard InChI is InChI=1S/C20H20F3N3O4/c1-2-29-14-4-6-15(7-5-14)30-17-8-3-13(20(21,22)23)11-16(17)25-12-18(27)26-10-9-24-19(26)28/h3-8,11,25H,2,9-10,12H2,1H3,(H,24,28). The third-order valence-corrected chi connectivity index (χ3v) is 4.26. The molecule has 0 aromatic heterocycles. The van der Waals surface area contributed by atoms with Gasteiger partial charge in [-0.25, -0.2) is 4.79 Å². The Labute approximate surface area is 170 Å². The fraction of sp³-hybridized carbons (Fsp3) is 0.300. The topological polar surface area (TPSA) is 79.9 Å². The van der Waals surface area contributed by atoms with Gasteiger partial charge in [-0.15, -0.1) is 0 Å². The number of amides is 3. The largest absolute Gasteiger partial charge is 0.494 e. The molecular formula is C20H20F3N3O4. The number of rotatable bonds is 7. The Bertz CT molecular complexity index is 917. The molecule has 30 heavy (non-hydrogen) atoms. The minimum absolute atomic E-state index is 0.0216. The number of carbonyl (C=O) groups excluding carboxylic acids is 2. The molecule has 1 fully saturated rings. The number of carbonyl (C=O) groups is 2. The summed E-state index contributed by atoms with van der Waals surface area (Å²) in [6.45, 7) is 2.51. The van der Waals surface area contributed by atoms with Gasteiger partial charge in [-0.1, -0.05) is 0 Å². The van der Waals surface area contributed by atoms with Crippen molar-refractivity contribution in [3.05, 3.63) is 48.0 Å². The highest BCUT2D eigenvalue weighted by Crippen LogP contribution is 2.37. The lowest BCUT2D eigenvalue weighted by Crippen LogP contribution is -2.38. The molecule has 0 saturated carbocycles. The first kappa shape index (κ1) is 21.3. The van der Waals surface area contributed by atoms with Gasteiger partial charge in [0, 0.05) is 13.1 Å². The molecule has 1 saturated heterocycles. The summed E-state index contributed by atoms with van der Waals surface area (Å²) in [6, 6.07) is 8.98. The predicted octanol–water partition coefficient (Wildman–Crippen LogP) is 3.86. The first-order chi connectivity index (χ1) is 14.3. The van der Waals surface area contributed by atoms with Gasteiger partial charge in [-0.05, 0) is 49.4 Å². The Kier molecular flexibility index (Phi) is 6.34. The van der Waals surface area contributed by atoms with E-state index in [1.807, 2.05) is 6.92 Å². The van der Waals surface area contributed by atoms with Crippen LogP contribution in [0.4, 0.5) is 23.7 Å². The van der Waals surface area contributed by atoms with Crippen molar-refractivity contribution in [2.24, 2.45) is 0 Å². The molecule has 0 aliphatic carbocycles. The number of imide groups is 1. The number of anilines is 1.